The topological polar surface area (TPSA) is 221 Å². The van der Waals surface area contributed by atoms with Crippen molar-refractivity contribution in [3.05, 3.63) is 147 Å². The standard InChI is InChI=1S/2C14H11ClN4O4/c2*1-9(10-3-2-4-11(15)7-10)16-17-13-6-5-12(18(20)21)8-14(13)19(22)23/h2*2-8,17H,1H3/b2*16-9+. The van der Waals surface area contributed by atoms with Crippen LogP contribution < -0.4 is 10.9 Å². The molecule has 16 nitrogen and oxygen atoms in total. The Balaban J connectivity index is 0.000000250. The normalized spacial score (nSPS) is 11.1. The first-order chi connectivity index (χ1) is 21.8. The largest absolute Gasteiger partial charge is 0.301 e. The smallest absolute Gasteiger partial charge is 0.271 e. The molecular formula is C28H22Cl2N8O8. The maximum atomic E-state index is 11.0. The predicted molar refractivity (Wildman–Crippen MR) is 174 cm³/mol. The van der Waals surface area contributed by atoms with E-state index < -0.39 is 31.1 Å². The minimum atomic E-state index is -0.709. The van der Waals surface area contributed by atoms with Gasteiger partial charge >= 0.3 is 11.4 Å². The lowest BCUT2D eigenvalue weighted by Crippen LogP contribution is -2.02. The Morgan fingerprint density at radius 3 is 1.24 bits per heavy atom. The van der Waals surface area contributed by atoms with Crippen LogP contribution in [-0.2, 0) is 0 Å². The lowest BCUT2D eigenvalue weighted by atomic mass is 10.1. The van der Waals surface area contributed by atoms with Gasteiger partial charge in [0.25, 0.3) is 11.4 Å². The molecule has 0 aliphatic heterocycles. The molecule has 0 radical (unpaired) electrons. The van der Waals surface area contributed by atoms with E-state index in [1.807, 2.05) is 0 Å². The molecule has 0 saturated heterocycles. The SMILES string of the molecule is C/C(=N\Nc1ccc([N+](=O)[O-])cc1[N+](=O)[O-])c1cccc(Cl)c1.C/C(=N\Nc1ccc([N+](=O)[O-])cc1[N+](=O)[O-])c1cccc(Cl)c1. The monoisotopic (exact) mass is 668 g/mol. The van der Waals surface area contributed by atoms with Gasteiger partial charge in [0.15, 0.2) is 0 Å². The first-order valence-corrected chi connectivity index (χ1v) is 13.5. The molecule has 2 N–H and O–H groups in total. The lowest BCUT2D eigenvalue weighted by Gasteiger charge is -2.05. The number of nitro benzene ring substituents is 4. The van der Waals surface area contributed by atoms with E-state index in [0.29, 0.717) is 21.5 Å². The van der Waals surface area contributed by atoms with Crippen LogP contribution in [0.3, 0.4) is 0 Å². The number of hydrogen-bond donors (Lipinski definition) is 2. The zero-order valence-corrected chi connectivity index (χ0v) is 25.3. The quantitative estimate of drug-likeness (QED) is 0.0940. The molecule has 0 fully saturated rings. The number of non-ortho nitro benzene ring substituents is 2. The summed E-state index contributed by atoms with van der Waals surface area (Å²) in [5, 5.41) is 52.6. The van der Waals surface area contributed by atoms with Gasteiger partial charge in [0.2, 0.25) is 0 Å². The Morgan fingerprint density at radius 2 is 0.935 bits per heavy atom. The van der Waals surface area contributed by atoms with Crippen LogP contribution in [0.25, 0.3) is 0 Å². The number of benzene rings is 4. The molecule has 0 atom stereocenters. The summed E-state index contributed by atoms with van der Waals surface area (Å²) in [5.41, 5.74) is 6.25. The van der Waals surface area contributed by atoms with E-state index in [0.717, 1.165) is 23.3 Å². The van der Waals surface area contributed by atoms with E-state index in [4.69, 9.17) is 23.2 Å². The zero-order chi connectivity index (χ0) is 34.0. The van der Waals surface area contributed by atoms with Gasteiger partial charge in [-0.1, -0.05) is 47.5 Å². The van der Waals surface area contributed by atoms with Gasteiger partial charge in [-0.15, -0.1) is 0 Å². The van der Waals surface area contributed by atoms with E-state index in [-0.39, 0.29) is 22.7 Å². The van der Waals surface area contributed by atoms with Gasteiger partial charge in [0.05, 0.1) is 43.2 Å². The summed E-state index contributed by atoms with van der Waals surface area (Å²) in [7, 11) is 0. The van der Waals surface area contributed by atoms with Crippen molar-refractivity contribution in [2.24, 2.45) is 10.2 Å². The fourth-order valence-corrected chi connectivity index (χ4v) is 3.98. The molecule has 0 aromatic heterocycles. The Kier molecular flexibility index (Phi) is 11.7. The molecule has 4 rings (SSSR count). The van der Waals surface area contributed by atoms with E-state index in [1.165, 1.54) is 24.3 Å². The molecule has 0 heterocycles. The molecule has 236 valence electrons. The fraction of sp³-hybridized carbons (Fsp3) is 0.0714. The fourth-order valence-electron chi connectivity index (χ4n) is 3.60. The highest BCUT2D eigenvalue weighted by atomic mass is 35.5. The van der Waals surface area contributed by atoms with Gasteiger partial charge in [-0.3, -0.25) is 51.3 Å². The van der Waals surface area contributed by atoms with Gasteiger partial charge in [-0.2, -0.15) is 10.2 Å². The third kappa shape index (κ3) is 9.50. The van der Waals surface area contributed by atoms with Crippen molar-refractivity contribution in [3.63, 3.8) is 0 Å². The molecule has 4 aromatic rings. The zero-order valence-electron chi connectivity index (χ0n) is 23.8. The highest BCUT2D eigenvalue weighted by Crippen LogP contribution is 2.30. The maximum absolute atomic E-state index is 11.0. The van der Waals surface area contributed by atoms with Gasteiger partial charge in [0.1, 0.15) is 11.4 Å². The Morgan fingerprint density at radius 1 is 0.565 bits per heavy atom. The average Bonchev–Trinajstić information content (AvgIpc) is 3.02. The van der Waals surface area contributed by atoms with Crippen molar-refractivity contribution >= 4 is 68.7 Å². The Labute approximate surface area is 269 Å². The number of nitrogens with one attached hydrogen (secondary N) is 2. The van der Waals surface area contributed by atoms with Crippen molar-refractivity contribution in [1.29, 1.82) is 0 Å². The highest BCUT2D eigenvalue weighted by molar-refractivity contribution is 6.31. The number of nitrogens with zero attached hydrogens (tertiary/aromatic N) is 6. The summed E-state index contributed by atoms with van der Waals surface area (Å²) in [4.78, 5) is 40.6. The van der Waals surface area contributed by atoms with Crippen LogP contribution in [0, 0.1) is 40.5 Å². The van der Waals surface area contributed by atoms with Crippen LogP contribution in [0.4, 0.5) is 34.1 Å². The van der Waals surface area contributed by atoms with Crippen molar-refractivity contribution in [2.45, 2.75) is 13.8 Å². The average molecular weight is 669 g/mol. The van der Waals surface area contributed by atoms with Crippen molar-refractivity contribution < 1.29 is 19.7 Å². The summed E-state index contributed by atoms with van der Waals surface area (Å²) in [6, 6.07) is 20.5. The van der Waals surface area contributed by atoms with Gasteiger partial charge < -0.3 is 0 Å². The molecule has 0 saturated carbocycles. The van der Waals surface area contributed by atoms with Crippen molar-refractivity contribution in [2.75, 3.05) is 10.9 Å². The number of hydrogen-bond acceptors (Lipinski definition) is 12. The number of halogens is 2. The molecule has 4 aromatic carbocycles. The minimum Gasteiger partial charge on any atom is -0.271 e. The van der Waals surface area contributed by atoms with Crippen LogP contribution in [0.5, 0.6) is 0 Å². The minimum absolute atomic E-state index is 0.0574. The summed E-state index contributed by atoms with van der Waals surface area (Å²) in [6.45, 7) is 3.41. The molecule has 0 amide bonds. The van der Waals surface area contributed by atoms with Gasteiger partial charge in [-0.25, -0.2) is 0 Å². The maximum Gasteiger partial charge on any atom is 0.301 e. The van der Waals surface area contributed by atoms with E-state index >= 15 is 0 Å². The van der Waals surface area contributed by atoms with Gasteiger partial charge in [0, 0.05) is 22.2 Å². The first kappa shape index (κ1) is 34.5. The number of nitro groups is 4. The number of hydrazone groups is 2. The molecule has 0 spiro atoms. The second-order valence-corrected chi connectivity index (χ2v) is 9.94. The van der Waals surface area contributed by atoms with Crippen molar-refractivity contribution in [3.8, 4) is 0 Å². The predicted octanol–water partition coefficient (Wildman–Crippen LogP) is 7.99. The Bertz CT molecular complexity index is 1750. The first-order valence-electron chi connectivity index (χ1n) is 12.7. The molecule has 0 bridgehead atoms. The van der Waals surface area contributed by atoms with Crippen LogP contribution in [0.2, 0.25) is 10.0 Å². The van der Waals surface area contributed by atoms with E-state index in [1.54, 1.807) is 62.4 Å². The molecule has 0 unspecified atom stereocenters. The molecular weight excluding hydrogens is 647 g/mol. The van der Waals surface area contributed by atoms with E-state index in [9.17, 15) is 40.5 Å². The number of rotatable bonds is 10. The third-order valence-electron chi connectivity index (χ3n) is 5.95. The molecule has 18 heteroatoms. The Hall–Kier alpha value is -6.00. The molecule has 0 aliphatic rings. The number of anilines is 2. The van der Waals surface area contributed by atoms with Crippen molar-refractivity contribution in [1.82, 2.24) is 0 Å². The lowest BCUT2D eigenvalue weighted by molar-refractivity contribution is -0.393. The second-order valence-electron chi connectivity index (χ2n) is 9.07. The van der Waals surface area contributed by atoms with Crippen LogP contribution in [-0.4, -0.2) is 31.1 Å². The van der Waals surface area contributed by atoms with Gasteiger partial charge in [-0.05, 0) is 61.4 Å². The summed E-state index contributed by atoms with van der Waals surface area (Å²) >= 11 is 11.8. The van der Waals surface area contributed by atoms with Crippen LogP contribution in [0.15, 0.2) is 95.1 Å². The van der Waals surface area contributed by atoms with E-state index in [2.05, 4.69) is 21.1 Å². The summed E-state index contributed by atoms with van der Waals surface area (Å²) < 4.78 is 0. The summed E-state index contributed by atoms with van der Waals surface area (Å²) in [6.07, 6.45) is 0. The highest BCUT2D eigenvalue weighted by Gasteiger charge is 2.20. The second kappa shape index (κ2) is 15.6. The van der Waals surface area contributed by atoms with Crippen LogP contribution >= 0.6 is 23.2 Å². The summed E-state index contributed by atoms with van der Waals surface area (Å²) in [5.74, 6) is 0. The molecule has 46 heavy (non-hydrogen) atoms. The van der Waals surface area contributed by atoms with Crippen LogP contribution in [0.1, 0.15) is 25.0 Å². The third-order valence-corrected chi connectivity index (χ3v) is 6.42. The molecule has 0 aliphatic carbocycles.